The van der Waals surface area contributed by atoms with E-state index in [1.807, 2.05) is 0 Å². The van der Waals surface area contributed by atoms with Crippen LogP contribution in [0.1, 0.15) is 16.3 Å². The molecule has 0 aliphatic heterocycles. The SMILES string of the molecule is COCc1ccc(C(=O)Nc2cccc(NS(=O)(=O)c3ccccc3)c2)o1. The summed E-state index contributed by atoms with van der Waals surface area (Å²) in [6, 6.07) is 17.6. The smallest absolute Gasteiger partial charge is 0.291 e. The predicted molar refractivity (Wildman–Crippen MR) is 101 cm³/mol. The average molecular weight is 386 g/mol. The maximum atomic E-state index is 12.4. The van der Waals surface area contributed by atoms with Crippen LogP contribution in [0.25, 0.3) is 0 Å². The first-order chi connectivity index (χ1) is 13.0. The first kappa shape index (κ1) is 18.7. The molecule has 140 valence electrons. The lowest BCUT2D eigenvalue weighted by Gasteiger charge is -2.10. The van der Waals surface area contributed by atoms with E-state index in [2.05, 4.69) is 10.0 Å². The van der Waals surface area contributed by atoms with Crippen molar-refractivity contribution in [2.75, 3.05) is 17.1 Å². The summed E-state index contributed by atoms with van der Waals surface area (Å²) in [6.45, 7) is 0.268. The minimum atomic E-state index is -3.71. The molecular weight excluding hydrogens is 368 g/mol. The topological polar surface area (TPSA) is 97.6 Å². The van der Waals surface area contributed by atoms with Gasteiger partial charge in [-0.1, -0.05) is 24.3 Å². The van der Waals surface area contributed by atoms with Gasteiger partial charge in [0.15, 0.2) is 5.76 Å². The van der Waals surface area contributed by atoms with Gasteiger partial charge in [-0.3, -0.25) is 9.52 Å². The van der Waals surface area contributed by atoms with E-state index in [1.165, 1.54) is 25.3 Å². The number of sulfonamides is 1. The van der Waals surface area contributed by atoms with Gasteiger partial charge in [0, 0.05) is 12.8 Å². The van der Waals surface area contributed by atoms with Crippen molar-refractivity contribution < 1.29 is 22.4 Å². The second-order valence-corrected chi connectivity index (χ2v) is 7.33. The molecule has 8 heteroatoms. The van der Waals surface area contributed by atoms with E-state index in [1.54, 1.807) is 48.5 Å². The van der Waals surface area contributed by atoms with Crippen LogP contribution in [0.4, 0.5) is 11.4 Å². The van der Waals surface area contributed by atoms with Crippen molar-refractivity contribution in [1.82, 2.24) is 0 Å². The van der Waals surface area contributed by atoms with Gasteiger partial charge in [0.05, 0.1) is 10.6 Å². The quantitative estimate of drug-likeness (QED) is 0.648. The maximum Gasteiger partial charge on any atom is 0.291 e. The van der Waals surface area contributed by atoms with Crippen LogP contribution in [0.3, 0.4) is 0 Å². The van der Waals surface area contributed by atoms with Crippen LogP contribution >= 0.6 is 0 Å². The third-order valence-electron chi connectivity index (χ3n) is 3.60. The molecule has 0 bridgehead atoms. The zero-order chi connectivity index (χ0) is 19.3. The van der Waals surface area contributed by atoms with Crippen molar-refractivity contribution in [3.63, 3.8) is 0 Å². The number of furan rings is 1. The highest BCUT2D eigenvalue weighted by molar-refractivity contribution is 7.92. The summed E-state index contributed by atoms with van der Waals surface area (Å²) in [4.78, 5) is 12.4. The number of hydrogen-bond donors (Lipinski definition) is 2. The first-order valence-corrected chi connectivity index (χ1v) is 9.53. The van der Waals surface area contributed by atoms with Gasteiger partial charge in [0.2, 0.25) is 0 Å². The van der Waals surface area contributed by atoms with Crippen LogP contribution in [0, 0.1) is 0 Å². The van der Waals surface area contributed by atoms with Gasteiger partial charge in [0.25, 0.3) is 15.9 Å². The van der Waals surface area contributed by atoms with Gasteiger partial charge in [-0.05, 0) is 42.5 Å². The molecule has 0 saturated carbocycles. The molecule has 7 nitrogen and oxygen atoms in total. The Hall–Kier alpha value is -3.10. The van der Waals surface area contributed by atoms with Crippen LogP contribution in [0.2, 0.25) is 0 Å². The Morgan fingerprint density at radius 3 is 2.48 bits per heavy atom. The van der Waals surface area contributed by atoms with Crippen molar-refractivity contribution in [2.45, 2.75) is 11.5 Å². The summed E-state index contributed by atoms with van der Waals surface area (Å²) in [5, 5.41) is 2.67. The van der Waals surface area contributed by atoms with Crippen LogP contribution < -0.4 is 10.0 Å². The Morgan fingerprint density at radius 1 is 1.00 bits per heavy atom. The largest absolute Gasteiger partial charge is 0.453 e. The van der Waals surface area contributed by atoms with Crippen LogP contribution in [-0.4, -0.2) is 21.4 Å². The normalized spacial score (nSPS) is 11.1. The van der Waals surface area contributed by atoms with E-state index in [0.717, 1.165) is 0 Å². The van der Waals surface area contributed by atoms with E-state index in [9.17, 15) is 13.2 Å². The third-order valence-corrected chi connectivity index (χ3v) is 5.00. The zero-order valence-electron chi connectivity index (χ0n) is 14.5. The molecule has 0 spiro atoms. The standard InChI is InChI=1S/C19H18N2O5S/c1-25-13-16-10-11-18(26-16)19(22)20-14-6-5-7-15(12-14)21-27(23,24)17-8-3-2-4-9-17/h2-12,21H,13H2,1H3,(H,20,22). The van der Waals surface area contributed by atoms with Crippen molar-refractivity contribution in [3.05, 3.63) is 78.3 Å². The molecule has 0 aliphatic rings. The van der Waals surface area contributed by atoms with Crippen LogP contribution in [0.5, 0.6) is 0 Å². The number of benzene rings is 2. The molecule has 0 unspecified atom stereocenters. The molecule has 0 fully saturated rings. The molecule has 0 radical (unpaired) electrons. The molecule has 1 amide bonds. The summed E-state index contributed by atoms with van der Waals surface area (Å²) < 4.78 is 37.6. The van der Waals surface area contributed by atoms with Crippen molar-refractivity contribution >= 4 is 27.3 Å². The highest BCUT2D eigenvalue weighted by Crippen LogP contribution is 2.20. The summed E-state index contributed by atoms with van der Waals surface area (Å²) in [5.74, 6) is 0.227. The number of ether oxygens (including phenoxy) is 1. The Bertz CT molecular complexity index is 1030. The molecule has 0 saturated heterocycles. The van der Waals surface area contributed by atoms with Gasteiger partial charge in [-0.25, -0.2) is 8.42 Å². The molecule has 2 aromatic carbocycles. The summed E-state index contributed by atoms with van der Waals surface area (Å²) in [7, 11) is -2.18. The summed E-state index contributed by atoms with van der Waals surface area (Å²) in [6.07, 6.45) is 0. The third kappa shape index (κ3) is 4.75. The zero-order valence-corrected chi connectivity index (χ0v) is 15.3. The molecule has 0 atom stereocenters. The second kappa shape index (κ2) is 8.07. The predicted octanol–water partition coefficient (Wildman–Crippen LogP) is 3.48. The molecule has 27 heavy (non-hydrogen) atoms. The number of nitrogens with one attached hydrogen (secondary N) is 2. The van der Waals surface area contributed by atoms with Gasteiger partial charge in [-0.15, -0.1) is 0 Å². The Morgan fingerprint density at radius 2 is 1.74 bits per heavy atom. The summed E-state index contributed by atoms with van der Waals surface area (Å²) >= 11 is 0. The summed E-state index contributed by atoms with van der Waals surface area (Å²) in [5.41, 5.74) is 0.758. The molecule has 1 heterocycles. The maximum absolute atomic E-state index is 12.4. The fourth-order valence-corrected chi connectivity index (χ4v) is 3.46. The van der Waals surface area contributed by atoms with Crippen molar-refractivity contribution in [2.24, 2.45) is 0 Å². The Kier molecular flexibility index (Phi) is 5.58. The van der Waals surface area contributed by atoms with Crippen molar-refractivity contribution in [3.8, 4) is 0 Å². The molecule has 1 aromatic heterocycles. The lowest BCUT2D eigenvalue weighted by Crippen LogP contribution is -2.14. The van der Waals surface area contributed by atoms with Gasteiger partial charge in [0.1, 0.15) is 12.4 Å². The van der Waals surface area contributed by atoms with Gasteiger partial charge >= 0.3 is 0 Å². The highest BCUT2D eigenvalue weighted by atomic mass is 32.2. The molecular formula is C19H18N2O5S. The Labute approximate surface area is 157 Å². The number of carbonyl (C=O) groups is 1. The van der Waals surface area contributed by atoms with E-state index in [4.69, 9.17) is 9.15 Å². The average Bonchev–Trinajstić information content (AvgIpc) is 3.12. The monoisotopic (exact) mass is 386 g/mol. The molecule has 3 aromatic rings. The number of methoxy groups -OCH3 is 1. The van der Waals surface area contributed by atoms with E-state index >= 15 is 0 Å². The lowest BCUT2D eigenvalue weighted by molar-refractivity contribution is 0.0987. The van der Waals surface area contributed by atoms with E-state index < -0.39 is 15.9 Å². The fraction of sp³-hybridized carbons (Fsp3) is 0.105. The molecule has 2 N–H and O–H groups in total. The van der Waals surface area contributed by atoms with E-state index in [-0.39, 0.29) is 17.3 Å². The van der Waals surface area contributed by atoms with E-state index in [0.29, 0.717) is 17.1 Å². The number of hydrogen-bond acceptors (Lipinski definition) is 5. The van der Waals surface area contributed by atoms with Crippen LogP contribution in [-0.2, 0) is 21.4 Å². The number of carbonyl (C=O) groups excluding carboxylic acids is 1. The van der Waals surface area contributed by atoms with Gasteiger partial charge in [-0.2, -0.15) is 0 Å². The minimum absolute atomic E-state index is 0.136. The van der Waals surface area contributed by atoms with Gasteiger partial charge < -0.3 is 14.5 Å². The van der Waals surface area contributed by atoms with Crippen molar-refractivity contribution in [1.29, 1.82) is 0 Å². The lowest BCUT2D eigenvalue weighted by atomic mass is 10.3. The number of rotatable bonds is 7. The van der Waals surface area contributed by atoms with Crippen LogP contribution in [0.15, 0.2) is 76.0 Å². The number of amides is 1. The second-order valence-electron chi connectivity index (χ2n) is 5.65. The highest BCUT2D eigenvalue weighted by Gasteiger charge is 2.15. The minimum Gasteiger partial charge on any atom is -0.453 e. The molecule has 0 aliphatic carbocycles. The first-order valence-electron chi connectivity index (χ1n) is 8.05. The molecule has 3 rings (SSSR count). The Balaban J connectivity index is 1.72. The number of anilines is 2. The fourth-order valence-electron chi connectivity index (χ4n) is 2.39.